The van der Waals surface area contributed by atoms with Crippen LogP contribution >= 0.6 is 0 Å². The summed E-state index contributed by atoms with van der Waals surface area (Å²) in [6, 6.07) is 7.29. The Morgan fingerprint density at radius 2 is 2.00 bits per heavy atom. The van der Waals surface area contributed by atoms with Crippen LogP contribution in [0.1, 0.15) is 43.4 Å². The predicted molar refractivity (Wildman–Crippen MR) is 95.6 cm³/mol. The molecule has 136 valence electrons. The molecule has 2 rings (SSSR count). The standard InChI is InChI=1S/C19H26N2O4/c1-12(22)10-19(3,4)11-20-17(23)16-13(2)25-18(21-16)14-6-8-15(24-5)9-7-14/h6-9,12,22H,10-11H2,1-5H3,(H,20,23). The third-order valence-corrected chi connectivity index (χ3v) is 3.92. The van der Waals surface area contributed by atoms with Gasteiger partial charge >= 0.3 is 0 Å². The lowest BCUT2D eigenvalue weighted by Gasteiger charge is -2.26. The highest BCUT2D eigenvalue weighted by molar-refractivity contribution is 5.93. The normalized spacial score (nSPS) is 12.7. The molecule has 1 aromatic heterocycles. The summed E-state index contributed by atoms with van der Waals surface area (Å²) in [7, 11) is 1.60. The summed E-state index contributed by atoms with van der Waals surface area (Å²) in [6.45, 7) is 7.90. The van der Waals surface area contributed by atoms with Crippen LogP contribution in [-0.2, 0) is 0 Å². The molecule has 6 heteroatoms. The zero-order chi connectivity index (χ0) is 18.6. The fourth-order valence-corrected chi connectivity index (χ4v) is 2.74. The molecule has 0 saturated carbocycles. The van der Waals surface area contributed by atoms with Crippen molar-refractivity contribution in [2.75, 3.05) is 13.7 Å². The number of methoxy groups -OCH3 is 1. The van der Waals surface area contributed by atoms with Gasteiger partial charge in [-0.05, 0) is 49.9 Å². The van der Waals surface area contributed by atoms with Crippen molar-refractivity contribution in [1.82, 2.24) is 10.3 Å². The van der Waals surface area contributed by atoms with Gasteiger partial charge in [0.1, 0.15) is 11.5 Å². The van der Waals surface area contributed by atoms with E-state index >= 15 is 0 Å². The molecule has 0 aliphatic rings. The van der Waals surface area contributed by atoms with Crippen molar-refractivity contribution >= 4 is 5.91 Å². The predicted octanol–water partition coefficient (Wildman–Crippen LogP) is 3.19. The van der Waals surface area contributed by atoms with Gasteiger partial charge in [-0.3, -0.25) is 4.79 Å². The summed E-state index contributed by atoms with van der Waals surface area (Å²) in [5.74, 6) is 1.33. The minimum absolute atomic E-state index is 0.208. The fourth-order valence-electron chi connectivity index (χ4n) is 2.74. The highest BCUT2D eigenvalue weighted by Gasteiger charge is 2.24. The van der Waals surface area contributed by atoms with E-state index in [1.165, 1.54) is 0 Å². The van der Waals surface area contributed by atoms with E-state index in [4.69, 9.17) is 9.15 Å². The fraction of sp³-hybridized carbons (Fsp3) is 0.474. The zero-order valence-corrected chi connectivity index (χ0v) is 15.4. The Balaban J connectivity index is 2.09. The number of carbonyl (C=O) groups excluding carboxylic acids is 1. The SMILES string of the molecule is COc1ccc(-c2nc(C(=O)NCC(C)(C)CC(C)O)c(C)o2)cc1. The molecule has 0 radical (unpaired) electrons. The molecule has 25 heavy (non-hydrogen) atoms. The number of carbonyl (C=O) groups is 1. The lowest BCUT2D eigenvalue weighted by atomic mass is 9.87. The first kappa shape index (κ1) is 19.0. The van der Waals surface area contributed by atoms with E-state index < -0.39 is 6.10 Å². The first-order chi connectivity index (χ1) is 11.7. The average Bonchev–Trinajstić information content (AvgIpc) is 2.93. The number of ether oxygens (including phenoxy) is 1. The van der Waals surface area contributed by atoms with Crippen molar-refractivity contribution in [3.8, 4) is 17.2 Å². The molecular formula is C19H26N2O4. The maximum absolute atomic E-state index is 12.4. The number of rotatable bonds is 7. The zero-order valence-electron chi connectivity index (χ0n) is 15.4. The third-order valence-electron chi connectivity index (χ3n) is 3.92. The summed E-state index contributed by atoms with van der Waals surface area (Å²) in [6.07, 6.45) is 0.185. The smallest absolute Gasteiger partial charge is 0.273 e. The van der Waals surface area contributed by atoms with E-state index in [-0.39, 0.29) is 17.0 Å². The molecule has 0 saturated heterocycles. The Labute approximate surface area is 148 Å². The summed E-state index contributed by atoms with van der Waals surface area (Å²) >= 11 is 0. The van der Waals surface area contributed by atoms with E-state index in [2.05, 4.69) is 10.3 Å². The first-order valence-corrected chi connectivity index (χ1v) is 8.30. The van der Waals surface area contributed by atoms with Gasteiger partial charge in [-0.25, -0.2) is 4.98 Å². The van der Waals surface area contributed by atoms with Gasteiger partial charge in [0.25, 0.3) is 5.91 Å². The monoisotopic (exact) mass is 346 g/mol. The van der Waals surface area contributed by atoms with Crippen LogP contribution in [0.15, 0.2) is 28.7 Å². The van der Waals surface area contributed by atoms with Gasteiger partial charge in [0.2, 0.25) is 5.89 Å². The number of aliphatic hydroxyl groups excluding tert-OH is 1. The Morgan fingerprint density at radius 3 is 2.56 bits per heavy atom. The van der Waals surface area contributed by atoms with Crippen molar-refractivity contribution in [2.24, 2.45) is 5.41 Å². The van der Waals surface area contributed by atoms with Crippen LogP contribution < -0.4 is 10.1 Å². The number of amides is 1. The van der Waals surface area contributed by atoms with E-state index in [0.29, 0.717) is 24.6 Å². The van der Waals surface area contributed by atoms with E-state index in [1.807, 2.05) is 38.1 Å². The van der Waals surface area contributed by atoms with Gasteiger partial charge in [0, 0.05) is 12.1 Å². The Bertz CT molecular complexity index is 718. The number of nitrogens with one attached hydrogen (secondary N) is 1. The number of benzene rings is 1. The Kier molecular flexibility index (Phi) is 5.85. The molecule has 0 aliphatic heterocycles. The number of aryl methyl sites for hydroxylation is 1. The lowest BCUT2D eigenvalue weighted by Crippen LogP contribution is -2.36. The van der Waals surface area contributed by atoms with Gasteiger partial charge in [-0.1, -0.05) is 13.8 Å². The van der Waals surface area contributed by atoms with Crippen molar-refractivity contribution in [3.05, 3.63) is 35.7 Å². The van der Waals surface area contributed by atoms with Gasteiger partial charge in [0.15, 0.2) is 5.69 Å². The number of hydrogen-bond donors (Lipinski definition) is 2. The summed E-state index contributed by atoms with van der Waals surface area (Å²) in [5, 5.41) is 12.4. The summed E-state index contributed by atoms with van der Waals surface area (Å²) in [4.78, 5) is 16.8. The number of aliphatic hydroxyl groups is 1. The molecule has 1 amide bonds. The van der Waals surface area contributed by atoms with Crippen LogP contribution in [0.2, 0.25) is 0 Å². The van der Waals surface area contributed by atoms with Crippen LogP contribution in [0, 0.1) is 12.3 Å². The maximum atomic E-state index is 12.4. The second-order valence-electron chi connectivity index (χ2n) is 7.05. The van der Waals surface area contributed by atoms with E-state index in [1.54, 1.807) is 21.0 Å². The molecule has 0 aliphatic carbocycles. The maximum Gasteiger partial charge on any atom is 0.273 e. The van der Waals surface area contributed by atoms with Crippen LogP contribution in [0.4, 0.5) is 0 Å². The Hall–Kier alpha value is -2.34. The highest BCUT2D eigenvalue weighted by Crippen LogP contribution is 2.25. The highest BCUT2D eigenvalue weighted by atomic mass is 16.5. The second kappa shape index (κ2) is 7.70. The summed E-state index contributed by atoms with van der Waals surface area (Å²) < 4.78 is 10.8. The molecule has 2 N–H and O–H groups in total. The average molecular weight is 346 g/mol. The minimum atomic E-state index is -0.414. The third kappa shape index (κ3) is 5.06. The van der Waals surface area contributed by atoms with Gasteiger partial charge in [-0.2, -0.15) is 0 Å². The van der Waals surface area contributed by atoms with Crippen LogP contribution in [-0.4, -0.2) is 35.8 Å². The molecule has 1 unspecified atom stereocenters. The second-order valence-corrected chi connectivity index (χ2v) is 7.05. The van der Waals surface area contributed by atoms with Crippen LogP contribution in [0.25, 0.3) is 11.5 Å². The largest absolute Gasteiger partial charge is 0.497 e. The molecule has 1 aromatic carbocycles. The Morgan fingerprint density at radius 1 is 1.36 bits per heavy atom. The van der Waals surface area contributed by atoms with Gasteiger partial charge in [-0.15, -0.1) is 0 Å². The molecule has 2 aromatic rings. The minimum Gasteiger partial charge on any atom is -0.497 e. The van der Waals surface area contributed by atoms with E-state index in [0.717, 1.165) is 11.3 Å². The molecule has 1 heterocycles. The summed E-state index contributed by atoms with van der Waals surface area (Å²) in [5.41, 5.74) is 0.844. The van der Waals surface area contributed by atoms with Crippen LogP contribution in [0.5, 0.6) is 5.75 Å². The quantitative estimate of drug-likeness (QED) is 0.804. The first-order valence-electron chi connectivity index (χ1n) is 8.30. The topological polar surface area (TPSA) is 84.6 Å². The molecule has 6 nitrogen and oxygen atoms in total. The van der Waals surface area contributed by atoms with Gasteiger partial charge in [0.05, 0.1) is 13.2 Å². The van der Waals surface area contributed by atoms with Crippen molar-refractivity contribution in [3.63, 3.8) is 0 Å². The van der Waals surface area contributed by atoms with Crippen molar-refractivity contribution < 1.29 is 19.1 Å². The molecular weight excluding hydrogens is 320 g/mol. The number of nitrogens with zero attached hydrogens (tertiary/aromatic N) is 1. The number of hydrogen-bond acceptors (Lipinski definition) is 5. The van der Waals surface area contributed by atoms with Crippen molar-refractivity contribution in [2.45, 2.75) is 40.2 Å². The van der Waals surface area contributed by atoms with Crippen LogP contribution in [0.3, 0.4) is 0 Å². The molecule has 0 fully saturated rings. The van der Waals surface area contributed by atoms with Gasteiger partial charge < -0.3 is 19.6 Å². The van der Waals surface area contributed by atoms with Crippen molar-refractivity contribution in [1.29, 1.82) is 0 Å². The van der Waals surface area contributed by atoms with E-state index in [9.17, 15) is 9.90 Å². The number of aromatic nitrogens is 1. The molecule has 0 spiro atoms. The number of oxazole rings is 1. The molecule has 0 bridgehead atoms. The lowest BCUT2D eigenvalue weighted by molar-refractivity contribution is 0.0896. The molecule has 1 atom stereocenters.